The normalized spacial score (nSPS) is 13.9. The zero-order chi connectivity index (χ0) is 38.0. The van der Waals surface area contributed by atoms with E-state index in [1.54, 1.807) is 6.08 Å². The molecule has 4 N–H and O–H groups in total. The van der Waals surface area contributed by atoms with E-state index >= 15 is 0 Å². The molecule has 3 atom stereocenters. The molecule has 0 aliphatic rings. The average Bonchev–Trinajstić information content (AvgIpc) is 3.15. The van der Waals surface area contributed by atoms with E-state index in [1.807, 2.05) is 6.08 Å². The fourth-order valence-corrected chi connectivity index (χ4v) is 6.84. The van der Waals surface area contributed by atoms with Crippen molar-refractivity contribution < 1.29 is 20.1 Å². The number of aliphatic hydroxyl groups excluding tert-OH is 3. The van der Waals surface area contributed by atoms with Gasteiger partial charge in [0.15, 0.2) is 0 Å². The van der Waals surface area contributed by atoms with Gasteiger partial charge in [-0.15, -0.1) is 0 Å². The first-order chi connectivity index (χ1) is 25.6. The van der Waals surface area contributed by atoms with Crippen LogP contribution in [0.15, 0.2) is 36.5 Å². The van der Waals surface area contributed by atoms with Gasteiger partial charge in [0.2, 0.25) is 5.91 Å². The second-order valence-electron chi connectivity index (χ2n) is 15.6. The van der Waals surface area contributed by atoms with Gasteiger partial charge in [-0.2, -0.15) is 0 Å². The lowest BCUT2D eigenvalue weighted by molar-refractivity contribution is -0.131. The molecule has 0 radical (unpaired) electrons. The molecule has 0 aromatic heterocycles. The molecule has 0 fully saturated rings. The van der Waals surface area contributed by atoms with Crippen LogP contribution in [0.5, 0.6) is 0 Å². The minimum absolute atomic E-state index is 0.378. The quantitative estimate of drug-likeness (QED) is 0.0372. The summed E-state index contributed by atoms with van der Waals surface area (Å²) in [5, 5.41) is 33.1. The maximum Gasteiger partial charge on any atom is 0.249 e. The SMILES string of the molecule is CCCCCCCCCC/C=C\CCCCCCCCC(O)C(=O)NC(CO)C(O)/C=C/CC/C=C/CCCCCCCCCCCCCCCC. The largest absolute Gasteiger partial charge is 0.394 e. The van der Waals surface area contributed by atoms with E-state index in [9.17, 15) is 20.1 Å². The molecule has 0 aliphatic carbocycles. The predicted molar refractivity (Wildman–Crippen MR) is 227 cm³/mol. The van der Waals surface area contributed by atoms with E-state index in [4.69, 9.17) is 0 Å². The van der Waals surface area contributed by atoms with Crippen LogP contribution in [0.1, 0.15) is 232 Å². The monoisotopic (exact) mass is 732 g/mol. The van der Waals surface area contributed by atoms with Crippen molar-refractivity contribution in [3.05, 3.63) is 36.5 Å². The molecule has 0 aliphatic heterocycles. The van der Waals surface area contributed by atoms with Crippen LogP contribution in [-0.2, 0) is 4.79 Å². The number of hydrogen-bond acceptors (Lipinski definition) is 4. The summed E-state index contributed by atoms with van der Waals surface area (Å²) in [6, 6.07) is -0.816. The van der Waals surface area contributed by atoms with Crippen molar-refractivity contribution in [3.63, 3.8) is 0 Å². The lowest BCUT2D eigenvalue weighted by Gasteiger charge is -2.21. The molecule has 306 valence electrons. The summed E-state index contributed by atoms with van der Waals surface area (Å²) in [5.74, 6) is -0.517. The highest BCUT2D eigenvalue weighted by atomic mass is 16.3. The van der Waals surface area contributed by atoms with Crippen molar-refractivity contribution in [1.82, 2.24) is 5.32 Å². The van der Waals surface area contributed by atoms with Gasteiger partial charge in [0.05, 0.1) is 18.8 Å². The predicted octanol–water partition coefficient (Wildman–Crippen LogP) is 13.2. The van der Waals surface area contributed by atoms with Crippen molar-refractivity contribution >= 4 is 5.91 Å². The highest BCUT2D eigenvalue weighted by Gasteiger charge is 2.22. The van der Waals surface area contributed by atoms with Crippen LogP contribution in [-0.4, -0.2) is 46.1 Å². The van der Waals surface area contributed by atoms with Gasteiger partial charge in [-0.25, -0.2) is 0 Å². The summed E-state index contributed by atoms with van der Waals surface area (Å²) in [5.41, 5.74) is 0. The summed E-state index contributed by atoms with van der Waals surface area (Å²) in [6.45, 7) is 4.17. The third-order valence-corrected chi connectivity index (χ3v) is 10.5. The highest BCUT2D eigenvalue weighted by Crippen LogP contribution is 2.15. The molecule has 0 saturated carbocycles. The Morgan fingerprint density at radius 3 is 1.17 bits per heavy atom. The van der Waals surface area contributed by atoms with Crippen molar-refractivity contribution in [2.75, 3.05) is 6.61 Å². The van der Waals surface area contributed by atoms with Crippen LogP contribution in [0.25, 0.3) is 0 Å². The summed E-state index contributed by atoms with van der Waals surface area (Å²) < 4.78 is 0. The van der Waals surface area contributed by atoms with E-state index in [-0.39, 0.29) is 6.61 Å². The lowest BCUT2D eigenvalue weighted by Crippen LogP contribution is -2.48. The Labute approximate surface area is 324 Å². The number of amides is 1. The molecule has 1 amide bonds. The minimum Gasteiger partial charge on any atom is -0.394 e. The van der Waals surface area contributed by atoms with Crippen molar-refractivity contribution in [2.24, 2.45) is 0 Å². The van der Waals surface area contributed by atoms with E-state index in [1.165, 1.54) is 173 Å². The summed E-state index contributed by atoms with van der Waals surface area (Å²) in [4.78, 5) is 12.5. The zero-order valence-corrected chi connectivity index (χ0v) is 34.7. The first kappa shape index (κ1) is 50.6. The van der Waals surface area contributed by atoms with Gasteiger partial charge in [0, 0.05) is 0 Å². The fourth-order valence-electron chi connectivity index (χ4n) is 6.84. The third kappa shape index (κ3) is 36.9. The van der Waals surface area contributed by atoms with E-state index in [0.717, 1.165) is 38.5 Å². The van der Waals surface area contributed by atoms with Crippen LogP contribution < -0.4 is 5.32 Å². The number of unbranched alkanes of at least 4 members (excludes halogenated alkanes) is 29. The first-order valence-corrected chi connectivity index (χ1v) is 22.8. The Balaban J connectivity index is 3.71. The number of nitrogens with one attached hydrogen (secondary N) is 1. The molecule has 0 aromatic carbocycles. The Morgan fingerprint density at radius 2 is 0.788 bits per heavy atom. The Morgan fingerprint density at radius 1 is 0.462 bits per heavy atom. The van der Waals surface area contributed by atoms with Crippen LogP contribution in [0.3, 0.4) is 0 Å². The molecule has 3 unspecified atom stereocenters. The van der Waals surface area contributed by atoms with Gasteiger partial charge < -0.3 is 20.6 Å². The first-order valence-electron chi connectivity index (χ1n) is 22.8. The smallest absolute Gasteiger partial charge is 0.249 e. The molecule has 0 spiro atoms. The second kappa shape index (κ2) is 42.3. The number of aliphatic hydroxyl groups is 3. The van der Waals surface area contributed by atoms with E-state index in [2.05, 4.69) is 43.5 Å². The molecule has 0 heterocycles. The van der Waals surface area contributed by atoms with Gasteiger partial charge in [0.1, 0.15) is 6.10 Å². The molecule has 0 rings (SSSR count). The zero-order valence-electron chi connectivity index (χ0n) is 34.7. The topological polar surface area (TPSA) is 89.8 Å². The number of carbonyl (C=O) groups is 1. The summed E-state index contributed by atoms with van der Waals surface area (Å²) in [7, 11) is 0. The van der Waals surface area contributed by atoms with E-state index < -0.39 is 24.2 Å². The number of allylic oxidation sites excluding steroid dienone is 5. The van der Waals surface area contributed by atoms with Crippen molar-refractivity contribution in [1.29, 1.82) is 0 Å². The van der Waals surface area contributed by atoms with Crippen molar-refractivity contribution in [2.45, 2.75) is 250 Å². The molecule has 0 aromatic rings. The van der Waals surface area contributed by atoms with Crippen LogP contribution >= 0.6 is 0 Å². The molecule has 5 heteroatoms. The second-order valence-corrected chi connectivity index (χ2v) is 15.6. The van der Waals surface area contributed by atoms with Crippen LogP contribution in [0, 0.1) is 0 Å². The Bertz CT molecular complexity index is 809. The van der Waals surface area contributed by atoms with Gasteiger partial charge >= 0.3 is 0 Å². The maximum atomic E-state index is 12.5. The van der Waals surface area contributed by atoms with Gasteiger partial charge in [-0.05, 0) is 57.8 Å². The molecule has 5 nitrogen and oxygen atoms in total. The fraction of sp³-hybridized carbons (Fsp3) is 0.851. The summed E-state index contributed by atoms with van der Waals surface area (Å²) >= 11 is 0. The minimum atomic E-state index is -1.11. The van der Waals surface area contributed by atoms with Gasteiger partial charge in [-0.1, -0.05) is 211 Å². The molecule has 0 saturated heterocycles. The van der Waals surface area contributed by atoms with Crippen LogP contribution in [0.2, 0.25) is 0 Å². The molecule has 52 heavy (non-hydrogen) atoms. The third-order valence-electron chi connectivity index (χ3n) is 10.5. The number of carbonyl (C=O) groups excluding carboxylic acids is 1. The van der Waals surface area contributed by atoms with Gasteiger partial charge in [0.25, 0.3) is 0 Å². The Kier molecular flexibility index (Phi) is 41.1. The molecule has 0 bridgehead atoms. The highest BCUT2D eigenvalue weighted by molar-refractivity contribution is 5.80. The van der Waals surface area contributed by atoms with Gasteiger partial charge in [-0.3, -0.25) is 4.79 Å². The summed E-state index contributed by atoms with van der Waals surface area (Å²) in [6.07, 6.45) is 53.2. The van der Waals surface area contributed by atoms with E-state index in [0.29, 0.717) is 6.42 Å². The maximum absolute atomic E-state index is 12.5. The Hall–Kier alpha value is -1.43. The van der Waals surface area contributed by atoms with Crippen LogP contribution in [0.4, 0.5) is 0 Å². The number of rotatable bonds is 41. The molecular weight excluding hydrogens is 643 g/mol. The lowest BCUT2D eigenvalue weighted by atomic mass is 10.0. The standard InChI is InChI=1S/C47H89NO4/c1-3-5-7-9-11-13-15-17-19-21-23-24-26-27-29-31-33-35-37-39-41-45(50)44(43-49)48-47(52)46(51)42-40-38-36-34-32-30-28-25-22-20-18-16-14-12-10-8-6-4-2/h22,25,31,33,39,41,44-46,49-51H,3-21,23-24,26-30,32,34-38,40,42-43H2,1-2H3,(H,48,52)/b25-22-,33-31+,41-39+. The van der Waals surface area contributed by atoms with Crippen molar-refractivity contribution in [3.8, 4) is 0 Å². The average molecular weight is 732 g/mol. The molecular formula is C47H89NO4. The number of hydrogen-bond donors (Lipinski definition) is 4.